The van der Waals surface area contributed by atoms with Crippen LogP contribution >= 0.6 is 0 Å². The number of aromatic nitrogens is 1. The molecule has 1 aromatic heterocycles. The van der Waals surface area contributed by atoms with Crippen LogP contribution in [0.4, 0.5) is 5.82 Å². The highest BCUT2D eigenvalue weighted by atomic mass is 16.5. The average molecular weight is 271 g/mol. The van der Waals surface area contributed by atoms with Gasteiger partial charge in [0.1, 0.15) is 5.82 Å². The molecule has 0 bridgehead atoms. The maximum absolute atomic E-state index is 5.90. The molecule has 0 saturated carbocycles. The number of nitrogens with zero attached hydrogens (tertiary/aromatic N) is 2. The van der Waals surface area contributed by atoms with Crippen molar-refractivity contribution >= 4 is 16.7 Å². The van der Waals surface area contributed by atoms with Crippen LogP contribution in [0.25, 0.3) is 10.9 Å². The molecule has 0 radical (unpaired) electrons. The van der Waals surface area contributed by atoms with Crippen LogP contribution in [0.3, 0.4) is 0 Å². The minimum atomic E-state index is 0.503. The lowest BCUT2D eigenvalue weighted by Crippen LogP contribution is -2.37. The summed E-state index contributed by atoms with van der Waals surface area (Å²) in [5, 5.41) is 1.15. The van der Waals surface area contributed by atoms with Crippen molar-refractivity contribution in [1.82, 2.24) is 4.98 Å². The van der Waals surface area contributed by atoms with Gasteiger partial charge in [-0.1, -0.05) is 18.2 Å². The van der Waals surface area contributed by atoms with Gasteiger partial charge in [-0.3, -0.25) is 0 Å². The Morgan fingerprint density at radius 3 is 2.80 bits per heavy atom. The molecule has 4 heteroatoms. The van der Waals surface area contributed by atoms with Gasteiger partial charge < -0.3 is 15.4 Å². The molecule has 2 N–H and O–H groups in total. The fourth-order valence-electron chi connectivity index (χ4n) is 2.84. The molecule has 4 nitrogen and oxygen atoms in total. The highest BCUT2D eigenvalue weighted by Crippen LogP contribution is 2.25. The normalized spacial score (nSPS) is 16.5. The van der Waals surface area contributed by atoms with Gasteiger partial charge in [-0.2, -0.15) is 0 Å². The van der Waals surface area contributed by atoms with Crippen molar-refractivity contribution in [2.45, 2.75) is 25.4 Å². The van der Waals surface area contributed by atoms with Gasteiger partial charge in [0, 0.05) is 38.2 Å². The minimum absolute atomic E-state index is 0.503. The molecule has 0 atom stereocenters. The molecule has 1 saturated heterocycles. The maximum Gasteiger partial charge on any atom is 0.129 e. The standard InChI is InChI=1S/C16H21N3O/c1-19(13-6-8-20-9-7-13)16-10-12(11-17)14-4-2-3-5-15(14)18-16/h2-5,10,13H,6-9,11,17H2,1H3. The largest absolute Gasteiger partial charge is 0.381 e. The van der Waals surface area contributed by atoms with Crippen LogP contribution in [0.2, 0.25) is 0 Å². The van der Waals surface area contributed by atoms with Crippen LogP contribution in [0.1, 0.15) is 18.4 Å². The third-order valence-electron chi connectivity index (χ3n) is 4.11. The third-order valence-corrected chi connectivity index (χ3v) is 4.11. The molecule has 0 unspecified atom stereocenters. The Morgan fingerprint density at radius 2 is 2.05 bits per heavy atom. The van der Waals surface area contributed by atoms with Crippen molar-refractivity contribution in [3.8, 4) is 0 Å². The summed E-state index contributed by atoms with van der Waals surface area (Å²) in [5.74, 6) is 1.01. The predicted molar refractivity (Wildman–Crippen MR) is 81.9 cm³/mol. The van der Waals surface area contributed by atoms with Crippen LogP contribution in [-0.4, -0.2) is 31.3 Å². The van der Waals surface area contributed by atoms with Gasteiger partial charge >= 0.3 is 0 Å². The van der Waals surface area contributed by atoms with Crippen molar-refractivity contribution in [3.05, 3.63) is 35.9 Å². The Kier molecular flexibility index (Phi) is 3.85. The summed E-state index contributed by atoms with van der Waals surface area (Å²) >= 11 is 0. The Labute approximate surface area is 119 Å². The zero-order chi connectivity index (χ0) is 13.9. The lowest BCUT2D eigenvalue weighted by Gasteiger charge is -2.32. The third kappa shape index (κ3) is 2.49. The summed E-state index contributed by atoms with van der Waals surface area (Å²) in [7, 11) is 2.12. The second kappa shape index (κ2) is 5.77. The lowest BCUT2D eigenvalue weighted by molar-refractivity contribution is 0.0853. The van der Waals surface area contributed by atoms with Gasteiger partial charge in [0.15, 0.2) is 0 Å². The molecule has 3 rings (SSSR count). The van der Waals surface area contributed by atoms with Gasteiger partial charge in [-0.15, -0.1) is 0 Å². The topological polar surface area (TPSA) is 51.4 Å². The van der Waals surface area contributed by atoms with Gasteiger partial charge in [0.05, 0.1) is 5.52 Å². The van der Waals surface area contributed by atoms with E-state index >= 15 is 0 Å². The Hall–Kier alpha value is -1.65. The monoisotopic (exact) mass is 271 g/mol. The van der Waals surface area contributed by atoms with E-state index < -0.39 is 0 Å². The SMILES string of the molecule is CN(c1cc(CN)c2ccccc2n1)C1CCOCC1. The highest BCUT2D eigenvalue weighted by molar-refractivity contribution is 5.84. The molecule has 1 aromatic carbocycles. The van der Waals surface area contributed by atoms with E-state index in [2.05, 4.69) is 30.1 Å². The van der Waals surface area contributed by atoms with Crippen LogP contribution in [-0.2, 0) is 11.3 Å². The number of nitrogens with two attached hydrogens (primary N) is 1. The molecule has 0 amide bonds. The zero-order valence-electron chi connectivity index (χ0n) is 11.9. The number of pyridine rings is 1. The first-order valence-electron chi connectivity index (χ1n) is 7.19. The van der Waals surface area contributed by atoms with E-state index in [-0.39, 0.29) is 0 Å². The van der Waals surface area contributed by atoms with Gasteiger partial charge in [0.2, 0.25) is 0 Å². The van der Waals surface area contributed by atoms with Crippen LogP contribution in [0, 0.1) is 0 Å². The van der Waals surface area contributed by atoms with E-state index in [0.717, 1.165) is 48.3 Å². The number of ether oxygens (including phenoxy) is 1. The summed E-state index contributed by atoms with van der Waals surface area (Å²) in [6, 6.07) is 10.8. The van der Waals surface area contributed by atoms with Crippen molar-refractivity contribution in [1.29, 1.82) is 0 Å². The maximum atomic E-state index is 5.90. The highest BCUT2D eigenvalue weighted by Gasteiger charge is 2.20. The molecule has 1 fully saturated rings. The molecule has 1 aliphatic rings. The number of para-hydroxylation sites is 1. The molecular formula is C16H21N3O. The molecule has 2 aromatic rings. The summed E-state index contributed by atoms with van der Waals surface area (Å²) in [6.07, 6.45) is 2.12. The van der Waals surface area contributed by atoms with E-state index in [1.807, 2.05) is 12.1 Å². The van der Waals surface area contributed by atoms with Crippen molar-refractivity contribution in [2.24, 2.45) is 5.73 Å². The second-order valence-corrected chi connectivity index (χ2v) is 5.32. The molecule has 106 valence electrons. The summed E-state index contributed by atoms with van der Waals surface area (Å²) < 4.78 is 5.43. The van der Waals surface area contributed by atoms with Crippen molar-refractivity contribution in [3.63, 3.8) is 0 Å². The van der Waals surface area contributed by atoms with E-state index in [9.17, 15) is 0 Å². The first kappa shape index (κ1) is 13.3. The molecule has 20 heavy (non-hydrogen) atoms. The van der Waals surface area contributed by atoms with Gasteiger partial charge in [0.25, 0.3) is 0 Å². The molecule has 0 spiro atoms. The average Bonchev–Trinajstić information content (AvgIpc) is 2.54. The van der Waals surface area contributed by atoms with Gasteiger partial charge in [-0.05, 0) is 30.5 Å². The molecular weight excluding hydrogens is 250 g/mol. The van der Waals surface area contributed by atoms with E-state index in [1.165, 1.54) is 0 Å². The Bertz CT molecular complexity index is 593. The first-order valence-corrected chi connectivity index (χ1v) is 7.19. The lowest BCUT2D eigenvalue weighted by atomic mass is 10.1. The van der Waals surface area contributed by atoms with E-state index in [4.69, 9.17) is 15.5 Å². The smallest absolute Gasteiger partial charge is 0.129 e. The zero-order valence-corrected chi connectivity index (χ0v) is 11.9. The van der Waals surface area contributed by atoms with Crippen molar-refractivity contribution in [2.75, 3.05) is 25.2 Å². The minimum Gasteiger partial charge on any atom is -0.381 e. The van der Waals surface area contributed by atoms with Crippen LogP contribution in [0.15, 0.2) is 30.3 Å². The predicted octanol–water partition coefficient (Wildman–Crippen LogP) is 2.31. The first-order chi connectivity index (χ1) is 9.79. The number of hydrogen-bond acceptors (Lipinski definition) is 4. The molecule has 2 heterocycles. The summed E-state index contributed by atoms with van der Waals surface area (Å²) in [6.45, 7) is 2.22. The summed E-state index contributed by atoms with van der Waals surface area (Å²) in [5.41, 5.74) is 8.07. The summed E-state index contributed by atoms with van der Waals surface area (Å²) in [4.78, 5) is 7.06. The number of hydrogen-bond donors (Lipinski definition) is 1. The molecule has 1 aliphatic heterocycles. The molecule has 0 aliphatic carbocycles. The van der Waals surface area contributed by atoms with E-state index in [1.54, 1.807) is 0 Å². The van der Waals surface area contributed by atoms with Gasteiger partial charge in [-0.25, -0.2) is 4.98 Å². The number of rotatable bonds is 3. The second-order valence-electron chi connectivity index (χ2n) is 5.32. The number of benzene rings is 1. The van der Waals surface area contributed by atoms with Crippen LogP contribution in [0.5, 0.6) is 0 Å². The quantitative estimate of drug-likeness (QED) is 0.930. The fraction of sp³-hybridized carbons (Fsp3) is 0.438. The Balaban J connectivity index is 1.98. The Morgan fingerprint density at radius 1 is 1.30 bits per heavy atom. The number of anilines is 1. The van der Waals surface area contributed by atoms with Crippen molar-refractivity contribution < 1.29 is 4.74 Å². The van der Waals surface area contributed by atoms with E-state index in [0.29, 0.717) is 12.6 Å². The fourth-order valence-corrected chi connectivity index (χ4v) is 2.84. The van der Waals surface area contributed by atoms with Crippen LogP contribution < -0.4 is 10.6 Å². The number of fused-ring (bicyclic) bond motifs is 1.